The Morgan fingerprint density at radius 3 is 2.70 bits per heavy atom. The summed E-state index contributed by atoms with van der Waals surface area (Å²) in [5, 5.41) is 2.92. The molecule has 2 heterocycles. The van der Waals surface area contributed by atoms with Crippen LogP contribution in [0.1, 0.15) is 20.9 Å². The van der Waals surface area contributed by atoms with Gasteiger partial charge in [-0.15, -0.1) is 0 Å². The maximum Gasteiger partial charge on any atom is 0.253 e. The zero-order valence-corrected chi connectivity index (χ0v) is 12.7. The number of carbonyl (C=O) groups excluding carboxylic acids is 2. The molecule has 0 aliphatic carbocycles. The minimum Gasteiger partial charge on any atom is -0.453 e. The molecule has 23 heavy (non-hydrogen) atoms. The average molecular weight is 314 g/mol. The molecule has 0 radical (unpaired) electrons. The summed E-state index contributed by atoms with van der Waals surface area (Å²) in [6.07, 6.45) is 0.643. The van der Waals surface area contributed by atoms with Gasteiger partial charge in [-0.05, 0) is 18.2 Å². The van der Waals surface area contributed by atoms with Gasteiger partial charge in [-0.3, -0.25) is 14.5 Å². The van der Waals surface area contributed by atoms with Gasteiger partial charge in [-0.2, -0.15) is 0 Å². The Kier molecular flexibility index (Phi) is 4.85. The molecule has 1 aliphatic rings. The van der Waals surface area contributed by atoms with Gasteiger partial charge in [0.05, 0.1) is 25.4 Å². The number of rotatable bonds is 5. The van der Waals surface area contributed by atoms with Gasteiger partial charge < -0.3 is 14.5 Å². The van der Waals surface area contributed by atoms with Crippen LogP contribution >= 0.6 is 0 Å². The molecule has 6 heteroatoms. The molecule has 1 N–H and O–H groups in total. The van der Waals surface area contributed by atoms with Gasteiger partial charge in [0.25, 0.3) is 5.91 Å². The second-order valence-corrected chi connectivity index (χ2v) is 5.26. The van der Waals surface area contributed by atoms with Crippen molar-refractivity contribution in [2.24, 2.45) is 0 Å². The first-order valence-corrected chi connectivity index (χ1v) is 7.50. The maximum atomic E-state index is 12.5. The standard InChI is InChI=1S/C17H18N2O4/c20-11-13-5-6-16(23-13)14-3-1-2-4-15(14)17(21)18-12-19-7-9-22-10-8-19/h1-6,11H,7-10,12H2,(H,18,21). The van der Waals surface area contributed by atoms with Gasteiger partial charge in [0.15, 0.2) is 12.0 Å². The van der Waals surface area contributed by atoms with Crippen molar-refractivity contribution in [3.8, 4) is 11.3 Å². The molecule has 1 saturated heterocycles. The SMILES string of the molecule is O=Cc1ccc(-c2ccccc2C(=O)NCN2CCOCC2)o1. The number of ether oxygens (including phenoxy) is 1. The van der Waals surface area contributed by atoms with Crippen LogP contribution in [0.15, 0.2) is 40.8 Å². The Bertz CT molecular complexity index is 689. The summed E-state index contributed by atoms with van der Waals surface area (Å²) in [6.45, 7) is 3.47. The Hall–Kier alpha value is -2.44. The number of nitrogens with one attached hydrogen (secondary N) is 1. The number of hydrogen-bond donors (Lipinski definition) is 1. The van der Waals surface area contributed by atoms with Crippen LogP contribution in [-0.2, 0) is 4.74 Å². The average Bonchev–Trinajstić information content (AvgIpc) is 3.09. The molecule has 1 aromatic carbocycles. The minimum absolute atomic E-state index is 0.170. The smallest absolute Gasteiger partial charge is 0.253 e. The van der Waals surface area contributed by atoms with E-state index in [1.165, 1.54) is 0 Å². The predicted octanol–water partition coefficient (Wildman–Crippen LogP) is 1.78. The summed E-state index contributed by atoms with van der Waals surface area (Å²) in [4.78, 5) is 25.4. The van der Waals surface area contributed by atoms with Crippen molar-refractivity contribution < 1.29 is 18.7 Å². The molecule has 1 fully saturated rings. The van der Waals surface area contributed by atoms with Gasteiger partial charge in [-0.25, -0.2) is 0 Å². The van der Waals surface area contributed by atoms with Crippen LogP contribution in [0.5, 0.6) is 0 Å². The van der Waals surface area contributed by atoms with Crippen molar-refractivity contribution >= 4 is 12.2 Å². The highest BCUT2D eigenvalue weighted by atomic mass is 16.5. The highest BCUT2D eigenvalue weighted by Gasteiger charge is 2.16. The van der Waals surface area contributed by atoms with Crippen LogP contribution < -0.4 is 5.32 Å². The third-order valence-electron chi connectivity index (χ3n) is 3.75. The fraction of sp³-hybridized carbons (Fsp3) is 0.294. The molecule has 2 aromatic rings. The first-order chi connectivity index (χ1) is 11.3. The number of hydrogen-bond acceptors (Lipinski definition) is 5. The van der Waals surface area contributed by atoms with Crippen molar-refractivity contribution in [2.75, 3.05) is 33.0 Å². The van der Waals surface area contributed by atoms with Gasteiger partial charge >= 0.3 is 0 Å². The van der Waals surface area contributed by atoms with Crippen molar-refractivity contribution in [3.05, 3.63) is 47.7 Å². The summed E-state index contributed by atoms with van der Waals surface area (Å²) in [6, 6.07) is 10.5. The third kappa shape index (κ3) is 3.67. The van der Waals surface area contributed by atoms with Crippen LogP contribution in [0.3, 0.4) is 0 Å². The number of amides is 1. The van der Waals surface area contributed by atoms with E-state index in [2.05, 4.69) is 10.2 Å². The highest BCUT2D eigenvalue weighted by Crippen LogP contribution is 2.25. The van der Waals surface area contributed by atoms with Crippen LogP contribution in [0.4, 0.5) is 0 Å². The molecule has 6 nitrogen and oxygen atoms in total. The van der Waals surface area contributed by atoms with E-state index in [0.29, 0.717) is 43.1 Å². The van der Waals surface area contributed by atoms with Crippen LogP contribution in [0.2, 0.25) is 0 Å². The summed E-state index contributed by atoms with van der Waals surface area (Å²) >= 11 is 0. The topological polar surface area (TPSA) is 71.8 Å². The molecule has 0 unspecified atom stereocenters. The number of furan rings is 1. The zero-order valence-electron chi connectivity index (χ0n) is 12.7. The lowest BCUT2D eigenvalue weighted by atomic mass is 10.0. The Labute approximate surface area is 134 Å². The van der Waals surface area contributed by atoms with Gasteiger partial charge in [0.1, 0.15) is 5.76 Å². The van der Waals surface area contributed by atoms with Crippen molar-refractivity contribution in [2.45, 2.75) is 0 Å². The van der Waals surface area contributed by atoms with Crippen molar-refractivity contribution in [1.29, 1.82) is 0 Å². The molecular formula is C17H18N2O4. The minimum atomic E-state index is -0.170. The van der Waals surface area contributed by atoms with Gasteiger partial charge in [0.2, 0.25) is 0 Å². The maximum absolute atomic E-state index is 12.5. The van der Waals surface area contributed by atoms with E-state index in [9.17, 15) is 9.59 Å². The Balaban J connectivity index is 1.73. The summed E-state index contributed by atoms with van der Waals surface area (Å²) in [5.74, 6) is 0.573. The predicted molar refractivity (Wildman–Crippen MR) is 84.3 cm³/mol. The summed E-state index contributed by atoms with van der Waals surface area (Å²) < 4.78 is 10.7. The van der Waals surface area contributed by atoms with Gasteiger partial charge in [0, 0.05) is 18.7 Å². The van der Waals surface area contributed by atoms with E-state index < -0.39 is 0 Å². The van der Waals surface area contributed by atoms with Gasteiger partial charge in [-0.1, -0.05) is 18.2 Å². The van der Waals surface area contributed by atoms with E-state index in [1.807, 2.05) is 6.07 Å². The second-order valence-electron chi connectivity index (χ2n) is 5.26. The molecule has 1 amide bonds. The number of benzene rings is 1. The second kappa shape index (κ2) is 7.21. The van der Waals surface area contributed by atoms with Crippen LogP contribution in [0.25, 0.3) is 11.3 Å². The Morgan fingerprint density at radius 2 is 1.96 bits per heavy atom. The monoisotopic (exact) mass is 314 g/mol. The molecule has 120 valence electrons. The molecule has 1 aliphatic heterocycles. The summed E-state index contributed by atoms with van der Waals surface area (Å²) in [7, 11) is 0. The van der Waals surface area contributed by atoms with Crippen LogP contribution in [0, 0.1) is 0 Å². The first kappa shape index (κ1) is 15.5. The van der Waals surface area contributed by atoms with E-state index >= 15 is 0 Å². The number of nitrogens with zero attached hydrogens (tertiary/aromatic N) is 1. The summed E-state index contributed by atoms with van der Waals surface area (Å²) in [5.41, 5.74) is 1.19. The van der Waals surface area contributed by atoms with E-state index in [1.54, 1.807) is 30.3 Å². The largest absolute Gasteiger partial charge is 0.453 e. The van der Waals surface area contributed by atoms with Crippen LogP contribution in [-0.4, -0.2) is 50.1 Å². The lowest BCUT2D eigenvalue weighted by molar-refractivity contribution is 0.0334. The van der Waals surface area contributed by atoms with Crippen molar-refractivity contribution in [1.82, 2.24) is 10.2 Å². The first-order valence-electron chi connectivity index (χ1n) is 7.50. The lowest BCUT2D eigenvalue weighted by Crippen LogP contribution is -2.43. The van der Waals surface area contributed by atoms with E-state index in [4.69, 9.17) is 9.15 Å². The quantitative estimate of drug-likeness (QED) is 0.852. The molecule has 0 spiro atoms. The van der Waals surface area contributed by atoms with Crippen molar-refractivity contribution in [3.63, 3.8) is 0 Å². The molecular weight excluding hydrogens is 296 g/mol. The zero-order chi connectivity index (χ0) is 16.1. The molecule has 1 aromatic heterocycles. The van der Waals surface area contributed by atoms with E-state index in [0.717, 1.165) is 13.1 Å². The third-order valence-corrected chi connectivity index (χ3v) is 3.75. The lowest BCUT2D eigenvalue weighted by Gasteiger charge is -2.26. The highest BCUT2D eigenvalue weighted by molar-refractivity contribution is 6.00. The van der Waals surface area contributed by atoms with E-state index in [-0.39, 0.29) is 11.7 Å². The molecule has 3 rings (SSSR count). The number of morpholine rings is 1. The molecule has 0 bridgehead atoms. The number of carbonyl (C=O) groups is 2. The number of aldehydes is 1. The normalized spacial score (nSPS) is 15.3. The fourth-order valence-corrected chi connectivity index (χ4v) is 2.50. The Morgan fingerprint density at radius 1 is 1.17 bits per heavy atom. The fourth-order valence-electron chi connectivity index (χ4n) is 2.50. The molecule has 0 atom stereocenters. The molecule has 0 saturated carbocycles.